The van der Waals surface area contributed by atoms with Crippen molar-refractivity contribution in [2.45, 2.75) is 25.7 Å². The fourth-order valence-corrected chi connectivity index (χ4v) is 3.06. The van der Waals surface area contributed by atoms with Crippen LogP contribution in [0.4, 0.5) is 11.5 Å². The molecule has 1 aromatic heterocycles. The van der Waals surface area contributed by atoms with Gasteiger partial charge in [-0.1, -0.05) is 30.5 Å². The van der Waals surface area contributed by atoms with Crippen LogP contribution in [-0.2, 0) is 11.8 Å². The predicted octanol–water partition coefficient (Wildman–Crippen LogP) is 3.45. The summed E-state index contributed by atoms with van der Waals surface area (Å²) >= 11 is 5.90. The lowest BCUT2D eigenvalue weighted by Crippen LogP contribution is -2.21. The van der Waals surface area contributed by atoms with E-state index in [1.165, 1.54) is 4.68 Å². The highest BCUT2D eigenvalue weighted by Crippen LogP contribution is 2.26. The number of rotatable bonds is 4. The zero-order valence-corrected chi connectivity index (χ0v) is 14.1. The third-order valence-corrected chi connectivity index (χ3v) is 4.41. The summed E-state index contributed by atoms with van der Waals surface area (Å²) in [6, 6.07) is 8.46. The topological polar surface area (TPSA) is 76.0 Å². The maximum Gasteiger partial charge on any atom is 0.276 e. The van der Waals surface area contributed by atoms with Crippen LogP contribution in [-0.4, -0.2) is 21.6 Å². The van der Waals surface area contributed by atoms with Crippen molar-refractivity contribution in [3.63, 3.8) is 0 Å². The average Bonchev–Trinajstić information content (AvgIpc) is 3.18. The molecule has 3 rings (SSSR count). The van der Waals surface area contributed by atoms with E-state index in [9.17, 15) is 9.59 Å². The van der Waals surface area contributed by atoms with E-state index in [2.05, 4.69) is 15.7 Å². The van der Waals surface area contributed by atoms with Gasteiger partial charge < -0.3 is 10.6 Å². The minimum Gasteiger partial charge on any atom is -0.321 e. The number of nitrogens with one attached hydrogen (secondary N) is 2. The van der Waals surface area contributed by atoms with E-state index in [1.54, 1.807) is 37.4 Å². The van der Waals surface area contributed by atoms with E-state index in [-0.39, 0.29) is 23.4 Å². The first kappa shape index (κ1) is 16.5. The van der Waals surface area contributed by atoms with Crippen molar-refractivity contribution in [2.75, 3.05) is 10.6 Å². The van der Waals surface area contributed by atoms with Gasteiger partial charge in [0.05, 0.1) is 0 Å². The monoisotopic (exact) mass is 346 g/mol. The second-order valence-corrected chi connectivity index (χ2v) is 6.41. The van der Waals surface area contributed by atoms with Gasteiger partial charge in [-0.05, 0) is 31.0 Å². The highest BCUT2D eigenvalue weighted by Gasteiger charge is 2.24. The molecule has 2 N–H and O–H groups in total. The average molecular weight is 347 g/mol. The van der Waals surface area contributed by atoms with E-state index in [1.807, 2.05) is 0 Å². The first-order chi connectivity index (χ1) is 11.5. The van der Waals surface area contributed by atoms with Gasteiger partial charge in [-0.15, -0.1) is 0 Å². The molecule has 0 saturated heterocycles. The highest BCUT2D eigenvalue weighted by molar-refractivity contribution is 6.30. The van der Waals surface area contributed by atoms with Gasteiger partial charge in [0.2, 0.25) is 5.91 Å². The van der Waals surface area contributed by atoms with Gasteiger partial charge in [-0.25, -0.2) is 0 Å². The van der Waals surface area contributed by atoms with Crippen LogP contribution in [0.1, 0.15) is 36.2 Å². The Morgan fingerprint density at radius 2 is 1.96 bits per heavy atom. The Hall–Kier alpha value is -2.34. The van der Waals surface area contributed by atoms with E-state index in [0.29, 0.717) is 16.5 Å². The van der Waals surface area contributed by atoms with Crippen LogP contribution < -0.4 is 10.6 Å². The van der Waals surface area contributed by atoms with Crippen LogP contribution in [0.3, 0.4) is 0 Å². The number of amides is 2. The Morgan fingerprint density at radius 3 is 2.67 bits per heavy atom. The highest BCUT2D eigenvalue weighted by atomic mass is 35.5. The molecule has 1 aliphatic carbocycles. The van der Waals surface area contributed by atoms with Crippen molar-refractivity contribution in [3.8, 4) is 0 Å². The molecule has 0 bridgehead atoms. The van der Waals surface area contributed by atoms with E-state index < -0.39 is 0 Å². The number of hydrogen-bond donors (Lipinski definition) is 2. The van der Waals surface area contributed by atoms with Gasteiger partial charge in [0, 0.05) is 29.7 Å². The number of benzene rings is 1. The molecule has 7 heteroatoms. The Balaban J connectivity index is 1.68. The Kier molecular flexibility index (Phi) is 4.85. The molecule has 6 nitrogen and oxygen atoms in total. The lowest BCUT2D eigenvalue weighted by atomic mass is 10.1. The van der Waals surface area contributed by atoms with Crippen LogP contribution >= 0.6 is 11.6 Å². The molecule has 0 radical (unpaired) electrons. The number of aryl methyl sites for hydroxylation is 1. The molecule has 1 fully saturated rings. The van der Waals surface area contributed by atoms with Crippen molar-refractivity contribution in [3.05, 3.63) is 41.0 Å². The number of aromatic nitrogens is 2. The number of halogens is 1. The summed E-state index contributed by atoms with van der Waals surface area (Å²) in [5, 5.41) is 10.3. The number of carbonyl (C=O) groups is 2. The van der Waals surface area contributed by atoms with Gasteiger partial charge in [-0.3, -0.25) is 14.3 Å². The Morgan fingerprint density at radius 1 is 1.21 bits per heavy atom. The summed E-state index contributed by atoms with van der Waals surface area (Å²) in [4.78, 5) is 24.5. The van der Waals surface area contributed by atoms with Crippen molar-refractivity contribution >= 4 is 34.9 Å². The SMILES string of the molecule is Cn1nc(C(=O)Nc2cccc(Cl)c2)cc1NC(=O)C1CCCC1. The molecular weight excluding hydrogens is 328 g/mol. The first-order valence-electron chi connectivity index (χ1n) is 7.95. The van der Waals surface area contributed by atoms with E-state index in [0.717, 1.165) is 25.7 Å². The van der Waals surface area contributed by atoms with Gasteiger partial charge >= 0.3 is 0 Å². The molecule has 1 aromatic carbocycles. The normalized spacial score (nSPS) is 14.6. The van der Waals surface area contributed by atoms with Gasteiger partial charge in [0.25, 0.3) is 5.91 Å². The molecule has 2 aromatic rings. The van der Waals surface area contributed by atoms with E-state index >= 15 is 0 Å². The van der Waals surface area contributed by atoms with Crippen LogP contribution in [0.25, 0.3) is 0 Å². The molecule has 0 unspecified atom stereocenters. The van der Waals surface area contributed by atoms with Crippen molar-refractivity contribution in [1.82, 2.24) is 9.78 Å². The van der Waals surface area contributed by atoms with Crippen LogP contribution in [0.2, 0.25) is 5.02 Å². The lowest BCUT2D eigenvalue weighted by molar-refractivity contribution is -0.119. The number of anilines is 2. The second kappa shape index (κ2) is 7.05. The zero-order valence-electron chi connectivity index (χ0n) is 13.4. The summed E-state index contributed by atoms with van der Waals surface area (Å²) in [7, 11) is 1.69. The molecule has 24 heavy (non-hydrogen) atoms. The summed E-state index contributed by atoms with van der Waals surface area (Å²) in [5.74, 6) is 0.221. The van der Waals surface area contributed by atoms with Crippen molar-refractivity contribution in [2.24, 2.45) is 13.0 Å². The lowest BCUT2D eigenvalue weighted by Gasteiger charge is -2.09. The predicted molar refractivity (Wildman–Crippen MR) is 93.2 cm³/mol. The first-order valence-corrected chi connectivity index (χ1v) is 8.32. The summed E-state index contributed by atoms with van der Waals surface area (Å²) in [5.41, 5.74) is 0.828. The molecule has 0 aliphatic heterocycles. The van der Waals surface area contributed by atoms with E-state index in [4.69, 9.17) is 11.6 Å². The molecule has 126 valence electrons. The quantitative estimate of drug-likeness (QED) is 0.890. The van der Waals surface area contributed by atoms with Gasteiger partial charge in [-0.2, -0.15) is 5.10 Å². The largest absolute Gasteiger partial charge is 0.321 e. The van der Waals surface area contributed by atoms with Crippen molar-refractivity contribution < 1.29 is 9.59 Å². The number of carbonyl (C=O) groups excluding carboxylic acids is 2. The minimum atomic E-state index is -0.353. The summed E-state index contributed by atoms with van der Waals surface area (Å²) in [6.07, 6.45) is 4.03. The number of hydrogen-bond acceptors (Lipinski definition) is 3. The standard InChI is InChI=1S/C17H19ClN4O2/c1-22-15(20-16(23)11-5-2-3-6-11)10-14(21-22)17(24)19-13-8-4-7-12(18)9-13/h4,7-11H,2-3,5-6H2,1H3,(H,19,24)(H,20,23). The number of nitrogens with zero attached hydrogens (tertiary/aromatic N) is 2. The maximum absolute atomic E-state index is 12.3. The van der Waals surface area contributed by atoms with Crippen LogP contribution in [0.15, 0.2) is 30.3 Å². The molecule has 2 amide bonds. The Bertz CT molecular complexity index is 766. The second-order valence-electron chi connectivity index (χ2n) is 5.97. The van der Waals surface area contributed by atoms with Crippen molar-refractivity contribution in [1.29, 1.82) is 0 Å². The zero-order chi connectivity index (χ0) is 17.1. The van der Waals surface area contributed by atoms with Crippen LogP contribution in [0.5, 0.6) is 0 Å². The fourth-order valence-electron chi connectivity index (χ4n) is 2.87. The van der Waals surface area contributed by atoms with Gasteiger partial charge in [0.15, 0.2) is 5.69 Å². The summed E-state index contributed by atoms with van der Waals surface area (Å²) < 4.78 is 1.50. The molecule has 0 atom stereocenters. The van der Waals surface area contributed by atoms with Gasteiger partial charge in [0.1, 0.15) is 5.82 Å². The molecular formula is C17H19ClN4O2. The summed E-state index contributed by atoms with van der Waals surface area (Å²) in [6.45, 7) is 0. The molecule has 1 aliphatic rings. The molecule has 0 spiro atoms. The fraction of sp³-hybridized carbons (Fsp3) is 0.353. The third kappa shape index (κ3) is 3.76. The third-order valence-electron chi connectivity index (χ3n) is 4.17. The van der Waals surface area contributed by atoms with Crippen LogP contribution in [0, 0.1) is 5.92 Å². The Labute approximate surface area is 145 Å². The molecule has 1 heterocycles. The minimum absolute atomic E-state index is 0.00250. The molecule has 1 saturated carbocycles. The smallest absolute Gasteiger partial charge is 0.276 e. The maximum atomic E-state index is 12.3.